The Morgan fingerprint density at radius 1 is 0.750 bits per heavy atom. The number of aromatic nitrogens is 2. The normalized spacial score (nSPS) is 13.9. The van der Waals surface area contributed by atoms with Crippen LogP contribution in [0.3, 0.4) is 0 Å². The second kappa shape index (κ2) is 10.7. The summed E-state index contributed by atoms with van der Waals surface area (Å²) < 4.78 is 1.83. The van der Waals surface area contributed by atoms with E-state index in [1.165, 1.54) is 0 Å². The van der Waals surface area contributed by atoms with Crippen LogP contribution in [0.5, 0.6) is 0 Å². The summed E-state index contributed by atoms with van der Waals surface area (Å²) in [5.74, 6) is 4.70. The molecule has 0 atom stereocenters. The molecule has 0 unspecified atom stereocenters. The Bertz CT molecular complexity index is 1740. The number of carbonyl (C=O) groups excluding carboxylic acids is 2. The predicted octanol–water partition coefficient (Wildman–Crippen LogP) is 5.61. The smallest absolute Gasteiger partial charge is 0.265 e. The molecule has 2 heterocycles. The molecule has 0 saturated heterocycles. The highest BCUT2D eigenvalue weighted by Crippen LogP contribution is 2.36. The van der Waals surface area contributed by atoms with Crippen LogP contribution in [0, 0.1) is 0 Å². The number of hydrogen-bond donors (Lipinski definition) is 2. The Balaban J connectivity index is 1.47. The zero-order chi connectivity index (χ0) is 27.5. The van der Waals surface area contributed by atoms with Crippen molar-refractivity contribution in [1.82, 2.24) is 15.2 Å². The molecule has 5 aromatic rings. The Morgan fingerprint density at radius 3 is 1.98 bits per heavy atom. The number of benzene rings is 4. The summed E-state index contributed by atoms with van der Waals surface area (Å²) >= 11 is 0. The summed E-state index contributed by atoms with van der Waals surface area (Å²) in [5, 5.41) is 4.88. The van der Waals surface area contributed by atoms with Crippen molar-refractivity contribution in [1.29, 1.82) is 0 Å². The first-order chi connectivity index (χ1) is 19.6. The van der Waals surface area contributed by atoms with Gasteiger partial charge in [0, 0.05) is 34.1 Å². The van der Waals surface area contributed by atoms with Gasteiger partial charge in [-0.05, 0) is 54.1 Å². The van der Waals surface area contributed by atoms with Crippen molar-refractivity contribution in [2.24, 2.45) is 5.84 Å². The molecule has 7 heteroatoms. The third-order valence-corrected chi connectivity index (χ3v) is 6.69. The van der Waals surface area contributed by atoms with Gasteiger partial charge in [0.15, 0.2) is 0 Å². The van der Waals surface area contributed by atoms with Gasteiger partial charge in [0.1, 0.15) is 0 Å². The first-order valence-corrected chi connectivity index (χ1v) is 12.8. The van der Waals surface area contributed by atoms with E-state index in [1.807, 2.05) is 114 Å². The molecule has 0 radical (unpaired) electrons. The van der Waals surface area contributed by atoms with Gasteiger partial charge in [0.2, 0.25) is 0 Å². The number of nitrogens with one attached hydrogen (secondary N) is 1. The Labute approximate surface area is 231 Å². The lowest BCUT2D eigenvalue weighted by Gasteiger charge is -2.21. The summed E-state index contributed by atoms with van der Waals surface area (Å²) in [6, 6.07) is 36.3. The third kappa shape index (κ3) is 4.73. The van der Waals surface area contributed by atoms with Crippen LogP contribution in [0.2, 0.25) is 0 Å². The predicted molar refractivity (Wildman–Crippen MR) is 157 cm³/mol. The summed E-state index contributed by atoms with van der Waals surface area (Å²) in [6.45, 7) is 0. The van der Waals surface area contributed by atoms with E-state index in [4.69, 9.17) is 10.9 Å². The van der Waals surface area contributed by atoms with Crippen LogP contribution in [0.25, 0.3) is 28.7 Å². The summed E-state index contributed by atoms with van der Waals surface area (Å²) in [6.07, 6.45) is 5.72. The Kier molecular flexibility index (Phi) is 6.62. The van der Waals surface area contributed by atoms with E-state index in [9.17, 15) is 9.59 Å². The number of hydrogen-bond acceptors (Lipinski definition) is 4. The highest BCUT2D eigenvalue weighted by Gasteiger charge is 2.31. The molecule has 0 spiro atoms. The maximum atomic E-state index is 14.0. The second-order valence-corrected chi connectivity index (χ2v) is 9.24. The highest BCUT2D eigenvalue weighted by atomic mass is 16.2. The molecule has 1 aliphatic heterocycles. The van der Waals surface area contributed by atoms with E-state index >= 15 is 0 Å². The lowest BCUT2D eigenvalue weighted by molar-refractivity contribution is -0.113. The number of amides is 2. The zero-order valence-corrected chi connectivity index (χ0v) is 21.4. The van der Waals surface area contributed by atoms with Crippen LogP contribution in [0.4, 0.5) is 5.69 Å². The van der Waals surface area contributed by atoms with Crippen molar-refractivity contribution in [2.45, 2.75) is 0 Å². The molecule has 0 bridgehead atoms. The monoisotopic (exact) mass is 523 g/mol. The number of para-hydroxylation sites is 1. The van der Waals surface area contributed by atoms with Crippen LogP contribution in [-0.4, -0.2) is 21.6 Å². The zero-order valence-electron chi connectivity index (χ0n) is 21.4. The third-order valence-electron chi connectivity index (χ3n) is 6.69. The number of anilines is 1. The van der Waals surface area contributed by atoms with Gasteiger partial charge in [-0.1, -0.05) is 78.9 Å². The van der Waals surface area contributed by atoms with Crippen LogP contribution in [0.1, 0.15) is 21.5 Å². The van der Waals surface area contributed by atoms with Gasteiger partial charge in [0.05, 0.1) is 17.1 Å². The highest BCUT2D eigenvalue weighted by molar-refractivity contribution is 6.23. The molecule has 1 aliphatic rings. The first-order valence-electron chi connectivity index (χ1n) is 12.8. The van der Waals surface area contributed by atoms with Crippen molar-refractivity contribution >= 4 is 29.3 Å². The molecule has 0 aliphatic carbocycles. The lowest BCUT2D eigenvalue weighted by Crippen LogP contribution is -2.30. The number of nitrogen functional groups attached to an aromatic ring is 1. The average Bonchev–Trinajstić information content (AvgIpc) is 3.59. The van der Waals surface area contributed by atoms with Gasteiger partial charge in [0.25, 0.3) is 11.8 Å². The minimum atomic E-state index is -0.400. The van der Waals surface area contributed by atoms with E-state index in [0.29, 0.717) is 16.8 Å². The minimum Gasteiger partial charge on any atom is -0.290 e. The molecule has 40 heavy (non-hydrogen) atoms. The van der Waals surface area contributed by atoms with Gasteiger partial charge >= 0.3 is 0 Å². The molecule has 7 nitrogen and oxygen atoms in total. The van der Waals surface area contributed by atoms with Crippen molar-refractivity contribution in [3.05, 3.63) is 150 Å². The Morgan fingerprint density at radius 2 is 1.35 bits per heavy atom. The largest absolute Gasteiger partial charge is 0.290 e. The number of hydrazine groups is 1. The average molecular weight is 524 g/mol. The standard InChI is InChI=1S/C33H25N5O2/c34-35-32(39)25-16-18-29(19-17-25)38-30(23-10-4-1-5-11-23)21-26(33(38)40)20-27-22-37(28-14-8-3-9-15-28)36-31(27)24-12-6-2-7-13-24/h1-22H,34H2,(H,35,39)/b26-20+. The molecule has 4 aromatic carbocycles. The molecule has 1 aromatic heterocycles. The topological polar surface area (TPSA) is 93.3 Å². The van der Waals surface area contributed by atoms with Crippen molar-refractivity contribution < 1.29 is 9.59 Å². The molecule has 2 amide bonds. The number of nitrogens with zero attached hydrogens (tertiary/aromatic N) is 3. The van der Waals surface area contributed by atoms with E-state index < -0.39 is 5.91 Å². The minimum absolute atomic E-state index is 0.179. The van der Waals surface area contributed by atoms with E-state index in [-0.39, 0.29) is 5.91 Å². The van der Waals surface area contributed by atoms with Crippen LogP contribution < -0.4 is 16.2 Å². The second-order valence-electron chi connectivity index (χ2n) is 9.24. The van der Waals surface area contributed by atoms with Crippen molar-refractivity contribution in [2.75, 3.05) is 4.90 Å². The number of carbonyl (C=O) groups is 2. The van der Waals surface area contributed by atoms with Crippen LogP contribution in [-0.2, 0) is 4.79 Å². The molecule has 0 fully saturated rings. The van der Waals surface area contributed by atoms with Crippen molar-refractivity contribution in [3.8, 4) is 16.9 Å². The molecule has 3 N–H and O–H groups in total. The summed E-state index contributed by atoms with van der Waals surface area (Å²) in [4.78, 5) is 27.6. The number of nitrogens with two attached hydrogens (primary N) is 1. The van der Waals surface area contributed by atoms with Gasteiger partial charge < -0.3 is 0 Å². The molecular formula is C33H25N5O2. The fourth-order valence-corrected chi connectivity index (χ4v) is 4.73. The van der Waals surface area contributed by atoms with Crippen LogP contribution >= 0.6 is 0 Å². The molecular weight excluding hydrogens is 498 g/mol. The fraction of sp³-hybridized carbons (Fsp3) is 0. The molecule has 0 saturated carbocycles. The van der Waals surface area contributed by atoms with Gasteiger partial charge in [-0.25, -0.2) is 10.5 Å². The van der Waals surface area contributed by atoms with E-state index in [2.05, 4.69) is 5.43 Å². The van der Waals surface area contributed by atoms with Gasteiger partial charge in [-0.15, -0.1) is 0 Å². The molecule has 194 valence electrons. The number of rotatable bonds is 6. The van der Waals surface area contributed by atoms with E-state index in [1.54, 1.807) is 29.2 Å². The van der Waals surface area contributed by atoms with Crippen molar-refractivity contribution in [3.63, 3.8) is 0 Å². The summed E-state index contributed by atoms with van der Waals surface area (Å²) in [7, 11) is 0. The maximum absolute atomic E-state index is 14.0. The van der Waals surface area contributed by atoms with E-state index in [0.717, 1.165) is 33.8 Å². The SMILES string of the molecule is NNC(=O)c1ccc(N2C(=O)/C(=C/c3cn(-c4ccccc4)nc3-c3ccccc3)C=C2c2ccccc2)cc1. The van der Waals surface area contributed by atoms with Gasteiger partial charge in [-0.3, -0.25) is 19.9 Å². The summed E-state index contributed by atoms with van der Waals surface area (Å²) in [5.41, 5.74) is 8.80. The van der Waals surface area contributed by atoms with Crippen LogP contribution in [0.15, 0.2) is 133 Å². The molecule has 6 rings (SSSR count). The first kappa shape index (κ1) is 24.8. The quantitative estimate of drug-likeness (QED) is 0.131. The Hall–Kier alpha value is -5.53. The fourth-order valence-electron chi connectivity index (χ4n) is 4.73. The maximum Gasteiger partial charge on any atom is 0.265 e. The van der Waals surface area contributed by atoms with Gasteiger partial charge in [-0.2, -0.15) is 5.10 Å². The lowest BCUT2D eigenvalue weighted by atomic mass is 10.1.